The Balaban J connectivity index is 2.03. The SMILES string of the molecule is Cc1ccc(S(=O)(=O)N2CCC(OCC(=O)O)CC2)cc1Cl. The van der Waals surface area contributed by atoms with Gasteiger partial charge in [-0.15, -0.1) is 0 Å². The van der Waals surface area contributed by atoms with Crippen LogP contribution in [-0.4, -0.2) is 49.6 Å². The molecule has 0 saturated carbocycles. The summed E-state index contributed by atoms with van der Waals surface area (Å²) in [6.07, 6.45) is 0.738. The van der Waals surface area contributed by atoms with E-state index in [1.54, 1.807) is 12.1 Å². The van der Waals surface area contributed by atoms with Crippen LogP contribution in [-0.2, 0) is 19.6 Å². The fourth-order valence-electron chi connectivity index (χ4n) is 2.31. The maximum atomic E-state index is 12.6. The van der Waals surface area contributed by atoms with Crippen molar-refractivity contribution in [2.75, 3.05) is 19.7 Å². The number of aryl methyl sites for hydroxylation is 1. The monoisotopic (exact) mass is 347 g/mol. The molecule has 1 heterocycles. The molecular formula is C14H18ClNO5S. The largest absolute Gasteiger partial charge is 0.480 e. The topological polar surface area (TPSA) is 83.9 Å². The van der Waals surface area contributed by atoms with Gasteiger partial charge in [-0.05, 0) is 37.5 Å². The second kappa shape index (κ2) is 6.95. The summed E-state index contributed by atoms with van der Waals surface area (Å²) in [6.45, 7) is 2.06. The van der Waals surface area contributed by atoms with Gasteiger partial charge in [-0.25, -0.2) is 13.2 Å². The van der Waals surface area contributed by atoms with E-state index in [-0.39, 0.29) is 17.6 Å². The first kappa shape index (κ1) is 17.2. The second-order valence-electron chi connectivity index (χ2n) is 5.22. The molecule has 0 bridgehead atoms. The number of carboxylic acids is 1. The van der Waals surface area contributed by atoms with E-state index in [0.717, 1.165) is 5.56 Å². The Kier molecular flexibility index (Phi) is 5.44. The third-order valence-electron chi connectivity index (χ3n) is 3.62. The number of sulfonamides is 1. The summed E-state index contributed by atoms with van der Waals surface area (Å²) in [6, 6.07) is 4.68. The number of hydrogen-bond donors (Lipinski definition) is 1. The molecule has 0 aromatic heterocycles. The van der Waals surface area contributed by atoms with Crippen molar-refractivity contribution < 1.29 is 23.1 Å². The molecular weight excluding hydrogens is 330 g/mol. The smallest absolute Gasteiger partial charge is 0.329 e. The summed E-state index contributed by atoms with van der Waals surface area (Å²) in [5.74, 6) is -1.02. The molecule has 1 aromatic carbocycles. The zero-order chi connectivity index (χ0) is 16.3. The van der Waals surface area contributed by atoms with Gasteiger partial charge in [0.15, 0.2) is 0 Å². The summed E-state index contributed by atoms with van der Waals surface area (Å²) in [5.41, 5.74) is 0.821. The number of nitrogens with zero attached hydrogens (tertiary/aromatic N) is 1. The third kappa shape index (κ3) is 3.98. The molecule has 1 saturated heterocycles. The van der Waals surface area contributed by atoms with Gasteiger partial charge < -0.3 is 9.84 Å². The predicted molar refractivity (Wildman–Crippen MR) is 81.6 cm³/mol. The Hall–Kier alpha value is -1.15. The number of rotatable bonds is 5. The van der Waals surface area contributed by atoms with Crippen LogP contribution in [0.25, 0.3) is 0 Å². The molecule has 1 aromatic rings. The van der Waals surface area contributed by atoms with Crippen LogP contribution in [0, 0.1) is 6.92 Å². The van der Waals surface area contributed by atoms with Crippen LogP contribution in [0.1, 0.15) is 18.4 Å². The minimum atomic E-state index is -3.58. The van der Waals surface area contributed by atoms with Gasteiger partial charge in [0.1, 0.15) is 6.61 Å². The van der Waals surface area contributed by atoms with Crippen molar-refractivity contribution in [3.8, 4) is 0 Å². The van der Waals surface area contributed by atoms with E-state index in [9.17, 15) is 13.2 Å². The van der Waals surface area contributed by atoms with Gasteiger partial charge >= 0.3 is 5.97 Å². The average molecular weight is 348 g/mol. The summed E-state index contributed by atoms with van der Waals surface area (Å²) in [7, 11) is -3.58. The second-order valence-corrected chi connectivity index (χ2v) is 7.56. The van der Waals surface area contributed by atoms with Crippen LogP contribution in [0.2, 0.25) is 5.02 Å². The quantitative estimate of drug-likeness (QED) is 0.879. The van der Waals surface area contributed by atoms with E-state index in [1.165, 1.54) is 10.4 Å². The minimum absolute atomic E-state index is 0.174. The highest BCUT2D eigenvalue weighted by atomic mass is 35.5. The average Bonchev–Trinajstić information content (AvgIpc) is 2.48. The van der Waals surface area contributed by atoms with Crippen LogP contribution in [0.4, 0.5) is 0 Å². The van der Waals surface area contributed by atoms with Gasteiger partial charge in [0.2, 0.25) is 10.0 Å². The van der Waals surface area contributed by atoms with E-state index in [4.69, 9.17) is 21.4 Å². The van der Waals surface area contributed by atoms with Crippen molar-refractivity contribution in [2.24, 2.45) is 0 Å². The molecule has 8 heteroatoms. The zero-order valence-corrected chi connectivity index (χ0v) is 13.7. The van der Waals surface area contributed by atoms with Crippen LogP contribution in [0.3, 0.4) is 0 Å². The van der Waals surface area contributed by atoms with Crippen molar-refractivity contribution in [1.29, 1.82) is 0 Å². The molecule has 0 atom stereocenters. The number of aliphatic carboxylic acids is 1. The maximum absolute atomic E-state index is 12.6. The van der Waals surface area contributed by atoms with Gasteiger partial charge in [0.05, 0.1) is 11.0 Å². The lowest BCUT2D eigenvalue weighted by atomic mass is 10.1. The predicted octanol–water partition coefficient (Wildman–Crippen LogP) is 1.90. The first-order valence-electron chi connectivity index (χ1n) is 6.90. The molecule has 122 valence electrons. The zero-order valence-electron chi connectivity index (χ0n) is 12.2. The molecule has 0 unspecified atom stereocenters. The molecule has 0 amide bonds. The number of benzene rings is 1. The normalized spacial score (nSPS) is 17.5. The molecule has 0 radical (unpaired) electrons. The Morgan fingerprint density at radius 2 is 2.05 bits per heavy atom. The van der Waals surface area contributed by atoms with E-state index in [1.807, 2.05) is 6.92 Å². The third-order valence-corrected chi connectivity index (χ3v) is 5.93. The van der Waals surface area contributed by atoms with Crippen molar-refractivity contribution in [2.45, 2.75) is 30.8 Å². The maximum Gasteiger partial charge on any atom is 0.329 e. The van der Waals surface area contributed by atoms with Crippen LogP contribution in [0.5, 0.6) is 0 Å². The van der Waals surface area contributed by atoms with Crippen molar-refractivity contribution >= 4 is 27.6 Å². The number of carbonyl (C=O) groups is 1. The number of carboxylic acid groups (broad SMARTS) is 1. The lowest BCUT2D eigenvalue weighted by Crippen LogP contribution is -2.41. The summed E-state index contributed by atoms with van der Waals surface area (Å²) < 4.78 is 31.7. The van der Waals surface area contributed by atoms with E-state index in [0.29, 0.717) is 31.0 Å². The lowest BCUT2D eigenvalue weighted by Gasteiger charge is -2.30. The summed E-state index contributed by atoms with van der Waals surface area (Å²) in [5, 5.41) is 9.00. The first-order valence-corrected chi connectivity index (χ1v) is 8.72. The van der Waals surface area contributed by atoms with Crippen LogP contribution < -0.4 is 0 Å². The first-order chi connectivity index (χ1) is 10.3. The Morgan fingerprint density at radius 3 is 2.59 bits per heavy atom. The number of piperidine rings is 1. The van der Waals surface area contributed by atoms with Gasteiger partial charge in [-0.1, -0.05) is 17.7 Å². The van der Waals surface area contributed by atoms with Gasteiger partial charge in [-0.3, -0.25) is 0 Å². The Morgan fingerprint density at radius 1 is 1.41 bits per heavy atom. The number of hydrogen-bond acceptors (Lipinski definition) is 4. The molecule has 1 aliphatic heterocycles. The fourth-order valence-corrected chi connectivity index (χ4v) is 4.05. The molecule has 22 heavy (non-hydrogen) atoms. The summed E-state index contributed by atoms with van der Waals surface area (Å²) >= 11 is 5.99. The van der Waals surface area contributed by atoms with Crippen molar-refractivity contribution in [3.63, 3.8) is 0 Å². The highest BCUT2D eigenvalue weighted by Gasteiger charge is 2.30. The molecule has 1 fully saturated rings. The Bertz CT molecular complexity index is 653. The van der Waals surface area contributed by atoms with E-state index >= 15 is 0 Å². The van der Waals surface area contributed by atoms with Crippen LogP contribution in [0.15, 0.2) is 23.1 Å². The minimum Gasteiger partial charge on any atom is -0.480 e. The van der Waals surface area contributed by atoms with Crippen molar-refractivity contribution in [1.82, 2.24) is 4.31 Å². The van der Waals surface area contributed by atoms with Crippen molar-refractivity contribution in [3.05, 3.63) is 28.8 Å². The molecule has 2 rings (SSSR count). The number of ether oxygens (including phenoxy) is 1. The lowest BCUT2D eigenvalue weighted by molar-refractivity contribution is -0.145. The number of halogens is 1. The van der Waals surface area contributed by atoms with Gasteiger partial charge in [0.25, 0.3) is 0 Å². The summed E-state index contributed by atoms with van der Waals surface area (Å²) in [4.78, 5) is 10.6. The molecule has 1 N–H and O–H groups in total. The molecule has 0 aliphatic carbocycles. The van der Waals surface area contributed by atoms with Gasteiger partial charge in [0, 0.05) is 18.1 Å². The standard InChI is InChI=1S/C14H18ClNO5S/c1-10-2-3-12(8-13(10)15)22(19,20)16-6-4-11(5-7-16)21-9-14(17)18/h2-3,8,11H,4-7,9H2,1H3,(H,17,18). The van der Waals surface area contributed by atoms with Gasteiger partial charge in [-0.2, -0.15) is 4.31 Å². The van der Waals surface area contributed by atoms with Crippen LogP contribution >= 0.6 is 11.6 Å². The highest BCUT2D eigenvalue weighted by molar-refractivity contribution is 7.89. The highest BCUT2D eigenvalue weighted by Crippen LogP contribution is 2.25. The molecule has 0 spiro atoms. The van der Waals surface area contributed by atoms with E-state index < -0.39 is 16.0 Å². The van der Waals surface area contributed by atoms with E-state index in [2.05, 4.69) is 0 Å². The molecule has 6 nitrogen and oxygen atoms in total. The fraction of sp³-hybridized carbons (Fsp3) is 0.500. The Labute approximate surface area is 134 Å². The molecule has 1 aliphatic rings.